The lowest BCUT2D eigenvalue weighted by atomic mass is 9.85. The number of rotatable bonds is 6. The zero-order valence-electron chi connectivity index (χ0n) is 14.8. The van der Waals surface area contributed by atoms with Crippen LogP contribution >= 0.6 is 35.3 Å². The molecule has 1 aliphatic carbocycles. The fourth-order valence-electron chi connectivity index (χ4n) is 2.71. The van der Waals surface area contributed by atoms with E-state index < -0.39 is 5.60 Å². The smallest absolute Gasteiger partial charge is 0.191 e. The van der Waals surface area contributed by atoms with Gasteiger partial charge in [0, 0.05) is 32.6 Å². The molecule has 6 nitrogen and oxygen atoms in total. The number of nitrogens with one attached hydrogen (secondary N) is 2. The van der Waals surface area contributed by atoms with Crippen molar-refractivity contribution in [2.24, 2.45) is 4.99 Å². The molecule has 1 aliphatic rings. The molecular formula is C16H30IN5OS. The highest BCUT2D eigenvalue weighted by atomic mass is 127. The predicted molar refractivity (Wildman–Crippen MR) is 113 cm³/mol. The van der Waals surface area contributed by atoms with E-state index in [0.29, 0.717) is 13.1 Å². The van der Waals surface area contributed by atoms with Crippen LogP contribution in [0.15, 0.2) is 10.4 Å². The zero-order chi connectivity index (χ0) is 16.7. The number of anilines is 1. The van der Waals surface area contributed by atoms with Crippen molar-refractivity contribution in [3.05, 3.63) is 11.1 Å². The van der Waals surface area contributed by atoms with Crippen LogP contribution in [-0.4, -0.2) is 48.8 Å². The molecule has 0 aromatic carbocycles. The highest BCUT2D eigenvalue weighted by Crippen LogP contribution is 2.27. The van der Waals surface area contributed by atoms with E-state index in [1.54, 1.807) is 11.3 Å². The lowest BCUT2D eigenvalue weighted by Crippen LogP contribution is -2.48. The monoisotopic (exact) mass is 467 g/mol. The Morgan fingerprint density at radius 3 is 2.62 bits per heavy atom. The molecule has 0 saturated heterocycles. The van der Waals surface area contributed by atoms with Crippen LogP contribution in [0.3, 0.4) is 0 Å². The zero-order valence-corrected chi connectivity index (χ0v) is 18.0. The molecule has 0 spiro atoms. The topological polar surface area (TPSA) is 72.8 Å². The standard InChI is InChI=1S/C16H29N5OS.HI/c1-4-17-14(19-12-16(22)8-6-5-7-9-16)18-10-13-11-23-15(20-13)21(2)3;/h11,22H,4-10,12H2,1-3H3,(H2,17,18,19);1H. The van der Waals surface area contributed by atoms with Crippen molar-refractivity contribution < 1.29 is 5.11 Å². The Bertz CT molecular complexity index is 514. The molecule has 0 radical (unpaired) electrons. The van der Waals surface area contributed by atoms with Crippen LogP contribution in [0, 0.1) is 0 Å². The maximum absolute atomic E-state index is 10.6. The summed E-state index contributed by atoms with van der Waals surface area (Å²) < 4.78 is 0. The molecule has 0 bridgehead atoms. The minimum Gasteiger partial charge on any atom is -0.388 e. The van der Waals surface area contributed by atoms with E-state index in [1.807, 2.05) is 31.3 Å². The number of aromatic nitrogens is 1. The maximum Gasteiger partial charge on any atom is 0.191 e. The molecule has 2 rings (SSSR count). The number of nitrogens with zero attached hydrogens (tertiary/aromatic N) is 3. The maximum atomic E-state index is 10.6. The summed E-state index contributed by atoms with van der Waals surface area (Å²) in [6.45, 7) is 3.93. The Morgan fingerprint density at radius 1 is 1.33 bits per heavy atom. The lowest BCUT2D eigenvalue weighted by molar-refractivity contribution is 0.00859. The second kappa shape index (κ2) is 10.4. The molecule has 138 valence electrons. The molecule has 0 aliphatic heterocycles. The molecule has 3 N–H and O–H groups in total. The number of thiazole rings is 1. The fraction of sp³-hybridized carbons (Fsp3) is 0.750. The summed E-state index contributed by atoms with van der Waals surface area (Å²) in [5.74, 6) is 0.742. The molecule has 0 amide bonds. The first-order valence-electron chi connectivity index (χ1n) is 8.39. The lowest BCUT2D eigenvalue weighted by Gasteiger charge is -2.32. The molecule has 1 saturated carbocycles. The van der Waals surface area contributed by atoms with E-state index in [9.17, 15) is 5.11 Å². The van der Waals surface area contributed by atoms with Crippen molar-refractivity contribution in [3.8, 4) is 0 Å². The quantitative estimate of drug-likeness (QED) is 0.341. The Kier molecular flexibility index (Phi) is 9.28. The Morgan fingerprint density at radius 2 is 2.04 bits per heavy atom. The summed E-state index contributed by atoms with van der Waals surface area (Å²) in [5.41, 5.74) is 0.375. The number of hydrogen-bond donors (Lipinski definition) is 3. The van der Waals surface area contributed by atoms with E-state index in [4.69, 9.17) is 0 Å². The first-order valence-corrected chi connectivity index (χ1v) is 9.27. The molecule has 1 aromatic rings. The summed E-state index contributed by atoms with van der Waals surface area (Å²) in [4.78, 5) is 11.1. The second-order valence-electron chi connectivity index (χ2n) is 6.35. The average molecular weight is 467 g/mol. The molecule has 8 heteroatoms. The number of aliphatic hydroxyl groups is 1. The van der Waals surface area contributed by atoms with Gasteiger partial charge < -0.3 is 20.6 Å². The first kappa shape index (κ1) is 21.4. The van der Waals surface area contributed by atoms with Crippen molar-refractivity contribution in [3.63, 3.8) is 0 Å². The second-order valence-corrected chi connectivity index (χ2v) is 7.19. The van der Waals surface area contributed by atoms with Crippen LogP contribution in [0.2, 0.25) is 0 Å². The highest BCUT2D eigenvalue weighted by Gasteiger charge is 2.29. The van der Waals surface area contributed by atoms with Gasteiger partial charge in [0.1, 0.15) is 0 Å². The summed E-state index contributed by atoms with van der Waals surface area (Å²) in [6.07, 6.45) is 5.19. The molecule has 0 unspecified atom stereocenters. The molecule has 24 heavy (non-hydrogen) atoms. The highest BCUT2D eigenvalue weighted by molar-refractivity contribution is 14.0. The third-order valence-corrected chi connectivity index (χ3v) is 5.09. The van der Waals surface area contributed by atoms with Crippen molar-refractivity contribution in [2.75, 3.05) is 32.1 Å². The van der Waals surface area contributed by atoms with Crippen LogP contribution in [0.5, 0.6) is 0 Å². The number of aliphatic imine (C=N–C) groups is 1. The van der Waals surface area contributed by atoms with Crippen molar-refractivity contribution in [1.29, 1.82) is 0 Å². The van der Waals surface area contributed by atoms with Crippen LogP contribution in [0.1, 0.15) is 44.7 Å². The first-order chi connectivity index (χ1) is 11.0. The predicted octanol–water partition coefficient (Wildman–Crippen LogP) is 2.58. The third kappa shape index (κ3) is 6.72. The van der Waals surface area contributed by atoms with Crippen LogP contribution in [-0.2, 0) is 6.54 Å². The number of hydrogen-bond acceptors (Lipinski definition) is 5. The average Bonchev–Trinajstić information content (AvgIpc) is 3.00. The van der Waals surface area contributed by atoms with Crippen molar-refractivity contribution in [1.82, 2.24) is 15.6 Å². The van der Waals surface area contributed by atoms with Gasteiger partial charge in [-0.3, -0.25) is 0 Å². The van der Waals surface area contributed by atoms with Crippen LogP contribution in [0.25, 0.3) is 0 Å². The van der Waals surface area contributed by atoms with E-state index in [-0.39, 0.29) is 24.0 Å². The van der Waals surface area contributed by atoms with Gasteiger partial charge in [-0.1, -0.05) is 19.3 Å². The number of guanidine groups is 1. The van der Waals surface area contributed by atoms with Crippen molar-refractivity contribution in [2.45, 2.75) is 51.2 Å². The van der Waals surface area contributed by atoms with Gasteiger partial charge in [0.15, 0.2) is 11.1 Å². The molecule has 0 atom stereocenters. The van der Waals surface area contributed by atoms with Gasteiger partial charge in [-0.25, -0.2) is 9.98 Å². The van der Waals surface area contributed by atoms with Crippen LogP contribution < -0.4 is 15.5 Å². The normalized spacial score (nSPS) is 17.1. The minimum absolute atomic E-state index is 0. The van der Waals surface area contributed by atoms with E-state index in [1.165, 1.54) is 6.42 Å². The van der Waals surface area contributed by atoms with E-state index in [0.717, 1.165) is 49.0 Å². The minimum atomic E-state index is -0.590. The summed E-state index contributed by atoms with van der Waals surface area (Å²) in [6, 6.07) is 0. The van der Waals surface area contributed by atoms with Crippen LogP contribution in [0.4, 0.5) is 5.13 Å². The van der Waals surface area contributed by atoms with E-state index in [2.05, 4.69) is 20.6 Å². The fourth-order valence-corrected chi connectivity index (χ4v) is 3.46. The molecular weight excluding hydrogens is 437 g/mol. The summed E-state index contributed by atoms with van der Waals surface area (Å²) in [7, 11) is 3.98. The molecule has 1 aromatic heterocycles. The number of halogens is 1. The third-order valence-electron chi connectivity index (χ3n) is 4.03. The van der Waals surface area contributed by atoms with Gasteiger partial charge in [-0.2, -0.15) is 0 Å². The largest absolute Gasteiger partial charge is 0.388 e. The summed E-state index contributed by atoms with van der Waals surface area (Å²) >= 11 is 1.62. The Labute approximate surface area is 166 Å². The molecule has 1 fully saturated rings. The van der Waals surface area contributed by atoms with Gasteiger partial charge in [0.05, 0.1) is 17.8 Å². The van der Waals surface area contributed by atoms with E-state index >= 15 is 0 Å². The van der Waals surface area contributed by atoms with Crippen molar-refractivity contribution >= 4 is 46.4 Å². The van der Waals surface area contributed by atoms with Gasteiger partial charge >= 0.3 is 0 Å². The summed E-state index contributed by atoms with van der Waals surface area (Å²) in [5, 5.41) is 20.1. The molecule has 1 heterocycles. The Hall–Kier alpha value is -0.610. The van der Waals surface area contributed by atoms with Gasteiger partial charge in [-0.05, 0) is 19.8 Å². The SMILES string of the molecule is CCNC(=NCc1csc(N(C)C)n1)NCC1(O)CCCCC1.I. The van der Waals surface area contributed by atoms with Gasteiger partial charge in [0.2, 0.25) is 0 Å². The van der Waals surface area contributed by atoms with Gasteiger partial charge in [0.25, 0.3) is 0 Å². The van der Waals surface area contributed by atoms with Gasteiger partial charge in [-0.15, -0.1) is 35.3 Å². The Balaban J connectivity index is 0.00000288.